The Balaban J connectivity index is 1.91. The van der Waals surface area contributed by atoms with Gasteiger partial charge in [0.2, 0.25) is 0 Å². The lowest BCUT2D eigenvalue weighted by Gasteiger charge is -2.49. The number of likely N-dealkylation sites (tertiary alicyclic amines) is 1. The van der Waals surface area contributed by atoms with E-state index < -0.39 is 5.79 Å². The molecule has 0 bridgehead atoms. The Hall–Kier alpha value is -1.20. The van der Waals surface area contributed by atoms with Gasteiger partial charge in [-0.1, -0.05) is 36.4 Å². The van der Waals surface area contributed by atoms with Gasteiger partial charge in [0.05, 0.1) is 0 Å². The van der Waals surface area contributed by atoms with Crippen molar-refractivity contribution in [3.63, 3.8) is 0 Å². The second-order valence-corrected chi connectivity index (χ2v) is 6.89. The molecule has 2 fully saturated rings. The van der Waals surface area contributed by atoms with E-state index in [9.17, 15) is 5.21 Å². The van der Waals surface area contributed by atoms with Crippen molar-refractivity contribution in [2.75, 3.05) is 0 Å². The van der Waals surface area contributed by atoms with Gasteiger partial charge in [-0.05, 0) is 20.8 Å². The van der Waals surface area contributed by atoms with E-state index in [1.54, 1.807) is 0 Å². The van der Waals surface area contributed by atoms with Crippen LogP contribution in [0.3, 0.4) is 0 Å². The molecule has 0 radical (unpaired) electrons. The van der Waals surface area contributed by atoms with Crippen LogP contribution in [0.2, 0.25) is 0 Å². The molecule has 0 unspecified atom stereocenters. The van der Waals surface area contributed by atoms with Crippen LogP contribution < -0.4 is 0 Å². The van der Waals surface area contributed by atoms with Crippen molar-refractivity contribution >= 4 is 0 Å². The van der Waals surface area contributed by atoms with Crippen molar-refractivity contribution in [1.29, 1.82) is 0 Å². The summed E-state index contributed by atoms with van der Waals surface area (Å²) < 4.78 is 11.8. The zero-order valence-electron chi connectivity index (χ0n) is 13.6. The molecule has 4 heteroatoms. The highest BCUT2D eigenvalue weighted by Gasteiger charge is 2.61. The van der Waals surface area contributed by atoms with E-state index in [-0.39, 0.29) is 28.9 Å². The maximum absolute atomic E-state index is 13.7. The van der Waals surface area contributed by atoms with E-state index in [0.29, 0.717) is 13.0 Å². The second-order valence-electron chi connectivity index (χ2n) is 6.89. The Bertz CT molecular complexity index is 545. The van der Waals surface area contributed by atoms with Crippen molar-refractivity contribution in [3.8, 4) is 0 Å². The molecule has 1 aromatic rings. The third kappa shape index (κ3) is 2.50. The van der Waals surface area contributed by atoms with Crippen LogP contribution in [0, 0.1) is 5.21 Å². The quantitative estimate of drug-likeness (QED) is 0.486. The fourth-order valence-electron chi connectivity index (χ4n) is 3.90. The van der Waals surface area contributed by atoms with E-state index >= 15 is 0 Å². The van der Waals surface area contributed by atoms with Gasteiger partial charge in [-0.15, -0.1) is 6.58 Å². The van der Waals surface area contributed by atoms with Gasteiger partial charge in [0.25, 0.3) is 0 Å². The van der Waals surface area contributed by atoms with Crippen LogP contribution in [0.15, 0.2) is 43.0 Å². The zero-order chi connectivity index (χ0) is 16.0. The molecule has 2 aliphatic heterocycles. The SMILES string of the molecule is C=CC[C@@H]1[C@@H]2OC(C)(C)O[C@@H]2[C@@H](C)[N@+]1([O-])Cc1ccccc1. The van der Waals surface area contributed by atoms with Crippen LogP contribution in [0.25, 0.3) is 0 Å². The van der Waals surface area contributed by atoms with E-state index in [0.717, 1.165) is 5.56 Å². The summed E-state index contributed by atoms with van der Waals surface area (Å²) in [6, 6.07) is 9.61. The minimum atomic E-state index is -0.610. The third-order valence-electron chi connectivity index (χ3n) is 4.95. The first-order valence-corrected chi connectivity index (χ1v) is 7.96. The molecule has 2 aliphatic rings. The predicted molar refractivity (Wildman–Crippen MR) is 85.7 cm³/mol. The second kappa shape index (κ2) is 5.46. The molecular formula is C18H25NO3. The number of hydrogen-bond donors (Lipinski definition) is 0. The lowest BCUT2D eigenvalue weighted by Crippen LogP contribution is -2.54. The van der Waals surface area contributed by atoms with Crippen molar-refractivity contribution in [1.82, 2.24) is 0 Å². The molecule has 2 saturated heterocycles. The Morgan fingerprint density at radius 2 is 1.86 bits per heavy atom. The fraction of sp³-hybridized carbons (Fsp3) is 0.556. The van der Waals surface area contributed by atoms with Crippen LogP contribution in [0.5, 0.6) is 0 Å². The van der Waals surface area contributed by atoms with Crippen molar-refractivity contribution in [2.45, 2.75) is 63.8 Å². The number of fused-ring (bicyclic) bond motifs is 1. The zero-order valence-corrected chi connectivity index (χ0v) is 13.6. The molecule has 0 amide bonds. The molecule has 22 heavy (non-hydrogen) atoms. The van der Waals surface area contributed by atoms with Gasteiger partial charge < -0.3 is 19.3 Å². The first-order chi connectivity index (χ1) is 10.4. The normalized spacial score (nSPS) is 39.6. The van der Waals surface area contributed by atoms with E-state index in [1.165, 1.54) is 0 Å². The van der Waals surface area contributed by atoms with Gasteiger partial charge in [0.1, 0.15) is 30.8 Å². The molecule has 3 rings (SSSR count). The smallest absolute Gasteiger partial charge is 0.164 e. The van der Waals surface area contributed by atoms with Gasteiger partial charge >= 0.3 is 0 Å². The van der Waals surface area contributed by atoms with Gasteiger partial charge in [-0.2, -0.15) is 0 Å². The molecule has 0 N–H and O–H groups in total. The van der Waals surface area contributed by atoms with Gasteiger partial charge in [0.15, 0.2) is 5.79 Å². The number of quaternary nitrogens is 1. The number of nitrogens with zero attached hydrogens (tertiary/aromatic N) is 1. The molecule has 0 aliphatic carbocycles. The van der Waals surface area contributed by atoms with Crippen LogP contribution in [-0.2, 0) is 16.0 Å². The number of ether oxygens (including phenoxy) is 2. The van der Waals surface area contributed by atoms with Gasteiger partial charge in [-0.25, -0.2) is 0 Å². The molecule has 4 nitrogen and oxygen atoms in total. The molecule has 0 saturated carbocycles. The van der Waals surface area contributed by atoms with Crippen molar-refractivity contribution in [3.05, 3.63) is 53.8 Å². The Morgan fingerprint density at radius 3 is 2.50 bits per heavy atom. The minimum Gasteiger partial charge on any atom is -0.632 e. The molecular weight excluding hydrogens is 278 g/mol. The van der Waals surface area contributed by atoms with Crippen LogP contribution in [0.1, 0.15) is 32.8 Å². The lowest BCUT2D eigenvalue weighted by atomic mass is 10.1. The summed E-state index contributed by atoms with van der Waals surface area (Å²) in [5, 5.41) is 13.7. The Labute approximate surface area is 132 Å². The highest BCUT2D eigenvalue weighted by molar-refractivity contribution is 5.14. The first kappa shape index (κ1) is 15.7. The number of hydroxylamine groups is 3. The maximum atomic E-state index is 13.7. The third-order valence-corrected chi connectivity index (χ3v) is 4.95. The number of rotatable bonds is 4. The highest BCUT2D eigenvalue weighted by Crippen LogP contribution is 2.46. The Morgan fingerprint density at radius 1 is 1.23 bits per heavy atom. The molecule has 0 spiro atoms. The topological polar surface area (TPSA) is 41.5 Å². The maximum Gasteiger partial charge on any atom is 0.164 e. The van der Waals surface area contributed by atoms with Gasteiger partial charge in [-0.3, -0.25) is 0 Å². The average molecular weight is 303 g/mol. The standard InChI is InChI=1S/C18H25NO3/c1-5-9-15-17-16(21-18(3,4)22-17)13(2)19(15,20)12-14-10-7-6-8-11-14/h5-8,10-11,13,15-17H,1,9,12H2,2-4H3/t13-,15-,16-,17+,19-/m1/s1. The monoisotopic (exact) mass is 303 g/mol. The minimum absolute atomic E-state index is 0.152. The van der Waals surface area contributed by atoms with Crippen molar-refractivity contribution in [2.24, 2.45) is 0 Å². The van der Waals surface area contributed by atoms with E-state index in [4.69, 9.17) is 9.47 Å². The Kier molecular flexibility index (Phi) is 3.89. The number of hydrogen-bond acceptors (Lipinski definition) is 3. The molecule has 0 aromatic heterocycles. The van der Waals surface area contributed by atoms with Crippen LogP contribution in [0.4, 0.5) is 0 Å². The van der Waals surface area contributed by atoms with Gasteiger partial charge in [0, 0.05) is 12.0 Å². The summed E-state index contributed by atoms with van der Waals surface area (Å²) in [7, 11) is 0. The summed E-state index contributed by atoms with van der Waals surface area (Å²) in [5.74, 6) is -0.610. The first-order valence-electron chi connectivity index (χ1n) is 7.96. The lowest BCUT2D eigenvalue weighted by molar-refractivity contribution is -0.930. The summed E-state index contributed by atoms with van der Waals surface area (Å²) in [6.07, 6.45) is 2.15. The number of benzene rings is 1. The summed E-state index contributed by atoms with van der Waals surface area (Å²) in [6.45, 7) is 10.1. The molecule has 120 valence electrons. The largest absolute Gasteiger partial charge is 0.632 e. The summed E-state index contributed by atoms with van der Waals surface area (Å²) >= 11 is 0. The summed E-state index contributed by atoms with van der Waals surface area (Å²) in [5.41, 5.74) is 1.05. The molecule has 5 atom stereocenters. The summed E-state index contributed by atoms with van der Waals surface area (Å²) in [4.78, 5) is 0. The molecule has 2 heterocycles. The van der Waals surface area contributed by atoms with Crippen molar-refractivity contribution < 1.29 is 14.1 Å². The van der Waals surface area contributed by atoms with Crippen LogP contribution in [-0.4, -0.2) is 34.7 Å². The van der Waals surface area contributed by atoms with Crippen LogP contribution >= 0.6 is 0 Å². The van der Waals surface area contributed by atoms with E-state index in [1.807, 2.05) is 57.2 Å². The average Bonchev–Trinajstić information content (AvgIpc) is 2.87. The van der Waals surface area contributed by atoms with E-state index in [2.05, 4.69) is 6.58 Å². The predicted octanol–water partition coefficient (Wildman–Crippen LogP) is 3.37. The molecule has 1 aromatic carbocycles. The highest BCUT2D eigenvalue weighted by atomic mass is 16.8. The fourth-order valence-corrected chi connectivity index (χ4v) is 3.90.